The maximum absolute atomic E-state index is 10.9. The quantitative estimate of drug-likeness (QED) is 0.393. The van der Waals surface area contributed by atoms with Crippen LogP contribution in [0.1, 0.15) is 13.3 Å². The predicted octanol–water partition coefficient (Wildman–Crippen LogP) is -1.10. The van der Waals surface area contributed by atoms with Gasteiger partial charge in [-0.3, -0.25) is 9.59 Å². The van der Waals surface area contributed by atoms with Gasteiger partial charge in [-0.05, 0) is 6.92 Å². The minimum absolute atomic E-state index is 0.0738. The van der Waals surface area contributed by atoms with Gasteiger partial charge in [-0.25, -0.2) is 0 Å². The minimum Gasteiger partial charge on any atom is -0.394 e. The third kappa shape index (κ3) is 6.39. The van der Waals surface area contributed by atoms with Gasteiger partial charge in [-0.2, -0.15) is 0 Å². The van der Waals surface area contributed by atoms with Crippen LogP contribution in [0, 0.1) is 0 Å². The van der Waals surface area contributed by atoms with E-state index in [9.17, 15) is 9.59 Å². The summed E-state index contributed by atoms with van der Waals surface area (Å²) in [6.07, 6.45) is -1.54. The number of Topliss-reactive ketones (excluding diaryl/α,β-unsaturated/α-hetero) is 2. The fourth-order valence-electron chi connectivity index (χ4n) is 0.716. The van der Waals surface area contributed by atoms with Gasteiger partial charge >= 0.3 is 0 Å². The van der Waals surface area contributed by atoms with Gasteiger partial charge in [0.1, 0.15) is 11.9 Å². The Bertz CT molecular complexity index is 177. The molecule has 0 fully saturated rings. The van der Waals surface area contributed by atoms with E-state index in [4.69, 9.17) is 14.9 Å². The van der Waals surface area contributed by atoms with Gasteiger partial charge in [-0.15, -0.1) is 0 Å². The maximum Gasteiger partial charge on any atom is 0.170 e. The Morgan fingerprint density at radius 2 is 2.08 bits per heavy atom. The molecule has 0 heterocycles. The van der Waals surface area contributed by atoms with Crippen LogP contribution in [0.25, 0.3) is 0 Å². The zero-order chi connectivity index (χ0) is 10.3. The van der Waals surface area contributed by atoms with Gasteiger partial charge in [0.25, 0.3) is 0 Å². The average Bonchev–Trinajstić information content (AvgIpc) is 2.03. The largest absolute Gasteiger partial charge is 0.394 e. The molecule has 0 rings (SSSR count). The highest BCUT2D eigenvalue weighted by Gasteiger charge is 2.16. The molecule has 1 atom stereocenters. The molecular weight excluding hydrogens is 176 g/mol. The molecule has 0 saturated carbocycles. The minimum atomic E-state index is -1.27. The van der Waals surface area contributed by atoms with Crippen LogP contribution in [0.4, 0.5) is 0 Å². The molecule has 5 nitrogen and oxygen atoms in total. The Balaban J connectivity index is 3.63. The summed E-state index contributed by atoms with van der Waals surface area (Å²) in [6.45, 7) is 1.02. The lowest BCUT2D eigenvalue weighted by Gasteiger charge is -2.08. The zero-order valence-electron chi connectivity index (χ0n) is 7.52. The molecule has 0 aliphatic rings. The first-order valence-corrected chi connectivity index (χ1v) is 3.96. The first kappa shape index (κ1) is 12.2. The summed E-state index contributed by atoms with van der Waals surface area (Å²) in [5, 5.41) is 17.4. The Hall–Kier alpha value is -0.780. The second kappa shape index (κ2) is 6.71. The number of carbonyl (C=O) groups is 2. The summed E-state index contributed by atoms with van der Waals surface area (Å²) in [4.78, 5) is 21.4. The van der Waals surface area contributed by atoms with Gasteiger partial charge in [0.2, 0.25) is 0 Å². The lowest BCUT2D eigenvalue weighted by atomic mass is 10.1. The van der Waals surface area contributed by atoms with Gasteiger partial charge in [0.05, 0.1) is 26.2 Å². The van der Waals surface area contributed by atoms with Crippen molar-refractivity contribution in [3.05, 3.63) is 0 Å². The molecule has 0 aromatic carbocycles. The second-order valence-electron chi connectivity index (χ2n) is 2.66. The van der Waals surface area contributed by atoms with Crippen molar-refractivity contribution >= 4 is 11.6 Å². The van der Waals surface area contributed by atoms with Gasteiger partial charge in [0.15, 0.2) is 5.78 Å². The molecule has 2 N–H and O–H groups in total. The third-order valence-electron chi connectivity index (χ3n) is 1.31. The van der Waals surface area contributed by atoms with E-state index in [1.165, 1.54) is 6.92 Å². The number of aliphatic hydroxyl groups is 2. The van der Waals surface area contributed by atoms with E-state index in [2.05, 4.69) is 0 Å². The summed E-state index contributed by atoms with van der Waals surface area (Å²) in [6, 6.07) is 0. The number of aliphatic hydroxyl groups excluding tert-OH is 2. The van der Waals surface area contributed by atoms with Crippen molar-refractivity contribution in [2.45, 2.75) is 19.4 Å². The molecular formula is C8H14O5. The first-order valence-electron chi connectivity index (χ1n) is 3.96. The van der Waals surface area contributed by atoms with E-state index in [1.54, 1.807) is 0 Å². The van der Waals surface area contributed by atoms with Crippen molar-refractivity contribution in [3.63, 3.8) is 0 Å². The fraction of sp³-hybridized carbons (Fsp3) is 0.750. The van der Waals surface area contributed by atoms with E-state index in [1.807, 2.05) is 0 Å². The molecule has 13 heavy (non-hydrogen) atoms. The van der Waals surface area contributed by atoms with Crippen molar-refractivity contribution < 1.29 is 24.5 Å². The Morgan fingerprint density at radius 3 is 2.54 bits per heavy atom. The summed E-state index contributed by atoms with van der Waals surface area (Å²) < 4.78 is 4.72. The normalized spacial score (nSPS) is 12.5. The van der Waals surface area contributed by atoms with Gasteiger partial charge in [-0.1, -0.05) is 0 Å². The Labute approximate surface area is 76.3 Å². The molecule has 0 aliphatic heterocycles. The molecule has 0 radical (unpaired) electrons. The van der Waals surface area contributed by atoms with Crippen molar-refractivity contribution in [2.24, 2.45) is 0 Å². The first-order chi connectivity index (χ1) is 6.07. The molecule has 0 aromatic heterocycles. The van der Waals surface area contributed by atoms with Crippen molar-refractivity contribution in [1.82, 2.24) is 0 Å². The molecule has 0 amide bonds. The molecule has 0 saturated heterocycles. The topological polar surface area (TPSA) is 83.8 Å². The smallest absolute Gasteiger partial charge is 0.170 e. The van der Waals surface area contributed by atoms with Crippen LogP contribution >= 0.6 is 0 Å². The maximum atomic E-state index is 10.9. The molecule has 76 valence electrons. The number of ether oxygens (including phenoxy) is 1. The highest BCUT2D eigenvalue weighted by Crippen LogP contribution is 1.94. The predicted molar refractivity (Wildman–Crippen MR) is 44.2 cm³/mol. The van der Waals surface area contributed by atoms with Crippen LogP contribution < -0.4 is 0 Å². The lowest BCUT2D eigenvalue weighted by molar-refractivity contribution is -0.134. The summed E-state index contributed by atoms with van der Waals surface area (Å²) in [7, 11) is 0. The summed E-state index contributed by atoms with van der Waals surface area (Å²) in [5.74, 6) is -0.836. The molecule has 0 aromatic rings. The Kier molecular flexibility index (Phi) is 6.30. The lowest BCUT2D eigenvalue weighted by Crippen LogP contribution is -2.27. The highest BCUT2D eigenvalue weighted by molar-refractivity contribution is 5.99. The van der Waals surface area contributed by atoms with E-state index in [0.717, 1.165) is 0 Å². The van der Waals surface area contributed by atoms with Crippen LogP contribution in [-0.2, 0) is 14.3 Å². The third-order valence-corrected chi connectivity index (χ3v) is 1.31. The monoisotopic (exact) mass is 190 g/mol. The van der Waals surface area contributed by atoms with Crippen molar-refractivity contribution in [1.29, 1.82) is 0 Å². The number of hydrogen-bond donors (Lipinski definition) is 2. The van der Waals surface area contributed by atoms with Crippen LogP contribution in [0.3, 0.4) is 0 Å². The van der Waals surface area contributed by atoms with Gasteiger partial charge in [0, 0.05) is 0 Å². The van der Waals surface area contributed by atoms with E-state index >= 15 is 0 Å². The van der Waals surface area contributed by atoms with Crippen molar-refractivity contribution in [3.8, 4) is 0 Å². The molecule has 0 spiro atoms. The van der Waals surface area contributed by atoms with Gasteiger partial charge < -0.3 is 14.9 Å². The van der Waals surface area contributed by atoms with Crippen LogP contribution in [0.5, 0.6) is 0 Å². The highest BCUT2D eigenvalue weighted by atomic mass is 16.5. The second-order valence-corrected chi connectivity index (χ2v) is 2.66. The fourth-order valence-corrected chi connectivity index (χ4v) is 0.716. The Morgan fingerprint density at radius 1 is 1.46 bits per heavy atom. The van der Waals surface area contributed by atoms with E-state index in [0.29, 0.717) is 0 Å². The standard InChI is InChI=1S/C8H14O5/c1-6(10)4-7(11)8(12)5-13-3-2-9/h8-9,12H,2-5H2,1H3. The SMILES string of the molecule is CC(=O)CC(=O)C(O)COCCO. The van der Waals surface area contributed by atoms with E-state index < -0.39 is 11.9 Å². The number of ketones is 2. The zero-order valence-corrected chi connectivity index (χ0v) is 7.52. The number of rotatable bonds is 7. The number of carbonyl (C=O) groups excluding carboxylic acids is 2. The molecule has 5 heteroatoms. The van der Waals surface area contributed by atoms with Crippen LogP contribution in [0.15, 0.2) is 0 Å². The van der Waals surface area contributed by atoms with E-state index in [-0.39, 0.29) is 32.0 Å². The molecule has 1 unspecified atom stereocenters. The van der Waals surface area contributed by atoms with Crippen molar-refractivity contribution in [2.75, 3.05) is 19.8 Å². The molecule has 0 aliphatic carbocycles. The molecule has 0 bridgehead atoms. The summed E-state index contributed by atoms with van der Waals surface area (Å²) in [5.41, 5.74) is 0. The van der Waals surface area contributed by atoms with Crippen LogP contribution in [-0.4, -0.2) is 47.7 Å². The average molecular weight is 190 g/mol. The summed E-state index contributed by atoms with van der Waals surface area (Å²) >= 11 is 0. The number of hydrogen-bond acceptors (Lipinski definition) is 5. The van der Waals surface area contributed by atoms with Crippen LogP contribution in [0.2, 0.25) is 0 Å².